The first-order valence-electron chi connectivity index (χ1n) is 22.8. The van der Waals surface area contributed by atoms with Crippen LogP contribution in [0.2, 0.25) is 0 Å². The summed E-state index contributed by atoms with van der Waals surface area (Å²) in [6.45, 7) is 4.79. The number of hydrogen-bond acceptors (Lipinski definition) is 1. The lowest BCUT2D eigenvalue weighted by Gasteiger charge is -2.32. The number of rotatable bonds is 6. The smallest absolute Gasteiger partial charge is 0.0726 e. The van der Waals surface area contributed by atoms with E-state index in [0.29, 0.717) is 0 Å². The zero-order chi connectivity index (χ0) is 43.3. The Morgan fingerprint density at radius 3 is 1.08 bits per heavy atom. The molecule has 0 saturated carbocycles. The lowest BCUT2D eigenvalue weighted by atomic mass is 9.70. The maximum Gasteiger partial charge on any atom is 0.0726 e. The van der Waals surface area contributed by atoms with E-state index >= 15 is 0 Å². The number of fused-ring (bicyclic) bond motifs is 13. The Morgan fingerprint density at radius 2 is 0.569 bits per heavy atom. The van der Waals surface area contributed by atoms with Crippen LogP contribution in [0.15, 0.2) is 237 Å². The molecule has 3 aliphatic rings. The predicted molar refractivity (Wildman–Crippen MR) is 271 cm³/mol. The van der Waals surface area contributed by atoms with Crippen LogP contribution in [0.25, 0.3) is 66.8 Å². The van der Waals surface area contributed by atoms with Gasteiger partial charge in [0.15, 0.2) is 0 Å². The average Bonchev–Trinajstić information content (AvgIpc) is 3.93. The van der Waals surface area contributed by atoms with Gasteiger partial charge in [0, 0.05) is 22.5 Å². The SMILES string of the molecule is CC1(C)c2cc(-c3ccccc3)ccc2-c2ccc(N(c3ccc(-c4ccc(-c5ccccc5)cc4)cc3)c3ccc4c(c3)C3(c5ccccc5-c5ccccc53)c3ccccc3-4)cc21. The summed E-state index contributed by atoms with van der Waals surface area (Å²) in [5.74, 6) is 0. The topological polar surface area (TPSA) is 3.24 Å². The quantitative estimate of drug-likeness (QED) is 0.161. The summed E-state index contributed by atoms with van der Waals surface area (Å²) in [6, 6.07) is 88.2. The number of anilines is 3. The summed E-state index contributed by atoms with van der Waals surface area (Å²) < 4.78 is 0. The van der Waals surface area contributed by atoms with Gasteiger partial charge in [-0.05, 0) is 143 Å². The molecule has 0 N–H and O–H groups in total. The van der Waals surface area contributed by atoms with Crippen LogP contribution in [0.1, 0.15) is 47.2 Å². The van der Waals surface area contributed by atoms with E-state index in [1.165, 1.54) is 100 Å². The largest absolute Gasteiger partial charge is 0.310 e. The molecule has 65 heavy (non-hydrogen) atoms. The van der Waals surface area contributed by atoms with Crippen molar-refractivity contribution < 1.29 is 0 Å². The first-order valence-corrected chi connectivity index (χ1v) is 22.8. The lowest BCUT2D eigenvalue weighted by Crippen LogP contribution is -2.26. The van der Waals surface area contributed by atoms with Gasteiger partial charge in [0.05, 0.1) is 5.41 Å². The van der Waals surface area contributed by atoms with Crippen molar-refractivity contribution in [3.05, 3.63) is 270 Å². The Bertz CT molecular complexity index is 3420. The third-order valence-corrected chi connectivity index (χ3v) is 14.7. The second-order valence-corrected chi connectivity index (χ2v) is 18.4. The maximum atomic E-state index is 2.50. The van der Waals surface area contributed by atoms with Crippen LogP contribution < -0.4 is 4.90 Å². The van der Waals surface area contributed by atoms with Crippen LogP contribution in [0, 0.1) is 0 Å². The molecular weight excluding hydrogens is 783 g/mol. The van der Waals surface area contributed by atoms with Crippen molar-refractivity contribution in [1.29, 1.82) is 0 Å². The molecule has 1 spiro atoms. The highest BCUT2D eigenvalue weighted by Crippen LogP contribution is 2.63. The number of nitrogens with zero attached hydrogens (tertiary/aromatic N) is 1. The Morgan fingerprint density at radius 1 is 0.246 bits per heavy atom. The van der Waals surface area contributed by atoms with Crippen LogP contribution in [-0.4, -0.2) is 0 Å². The van der Waals surface area contributed by atoms with Crippen molar-refractivity contribution in [2.24, 2.45) is 0 Å². The van der Waals surface area contributed by atoms with Gasteiger partial charge in [-0.2, -0.15) is 0 Å². The Labute approximate surface area is 381 Å². The summed E-state index contributed by atoms with van der Waals surface area (Å²) in [7, 11) is 0. The molecule has 0 fully saturated rings. The molecule has 1 nitrogen and oxygen atoms in total. The van der Waals surface area contributed by atoms with Crippen molar-refractivity contribution in [3.8, 4) is 66.8 Å². The van der Waals surface area contributed by atoms with E-state index in [0.717, 1.165) is 17.1 Å². The molecule has 10 aromatic carbocycles. The average molecular weight is 828 g/mol. The monoisotopic (exact) mass is 827 g/mol. The van der Waals surface area contributed by atoms with Crippen molar-refractivity contribution >= 4 is 17.1 Å². The van der Waals surface area contributed by atoms with Crippen LogP contribution in [-0.2, 0) is 10.8 Å². The Kier molecular flexibility index (Phi) is 8.24. The third-order valence-electron chi connectivity index (χ3n) is 14.7. The predicted octanol–water partition coefficient (Wildman–Crippen LogP) is 16.8. The fourth-order valence-electron chi connectivity index (χ4n) is 11.6. The molecular formula is C64H45N. The van der Waals surface area contributed by atoms with E-state index < -0.39 is 5.41 Å². The zero-order valence-electron chi connectivity index (χ0n) is 36.5. The minimum absolute atomic E-state index is 0.201. The molecule has 0 atom stereocenters. The lowest BCUT2D eigenvalue weighted by molar-refractivity contribution is 0.660. The highest BCUT2D eigenvalue weighted by atomic mass is 15.1. The molecule has 0 saturated heterocycles. The van der Waals surface area contributed by atoms with E-state index in [1.807, 2.05) is 0 Å². The summed E-state index contributed by atoms with van der Waals surface area (Å²) in [4.78, 5) is 2.49. The molecule has 3 aliphatic carbocycles. The number of hydrogen-bond donors (Lipinski definition) is 0. The fraction of sp³-hybridized carbons (Fsp3) is 0.0625. The van der Waals surface area contributed by atoms with Gasteiger partial charge in [-0.3, -0.25) is 0 Å². The Balaban J connectivity index is 0.978. The van der Waals surface area contributed by atoms with E-state index in [9.17, 15) is 0 Å². The van der Waals surface area contributed by atoms with Gasteiger partial charge in [0.1, 0.15) is 0 Å². The van der Waals surface area contributed by atoms with Crippen molar-refractivity contribution in [2.45, 2.75) is 24.7 Å². The Hall–Kier alpha value is -8.00. The van der Waals surface area contributed by atoms with Crippen LogP contribution in [0.5, 0.6) is 0 Å². The molecule has 0 heterocycles. The first-order chi connectivity index (χ1) is 32.0. The second-order valence-electron chi connectivity index (χ2n) is 18.4. The maximum absolute atomic E-state index is 2.50. The van der Waals surface area contributed by atoms with Gasteiger partial charge in [0.2, 0.25) is 0 Å². The van der Waals surface area contributed by atoms with E-state index in [1.54, 1.807) is 0 Å². The summed E-state index contributed by atoms with van der Waals surface area (Å²) in [5, 5.41) is 0. The highest BCUT2D eigenvalue weighted by Gasteiger charge is 2.51. The summed E-state index contributed by atoms with van der Waals surface area (Å²) in [6.07, 6.45) is 0. The van der Waals surface area contributed by atoms with E-state index in [-0.39, 0.29) is 5.41 Å². The van der Waals surface area contributed by atoms with Crippen LogP contribution >= 0.6 is 0 Å². The molecule has 0 amide bonds. The van der Waals surface area contributed by atoms with Gasteiger partial charge in [-0.1, -0.05) is 208 Å². The highest BCUT2D eigenvalue weighted by molar-refractivity contribution is 5.97. The van der Waals surface area contributed by atoms with Crippen LogP contribution in [0.4, 0.5) is 17.1 Å². The van der Waals surface area contributed by atoms with Gasteiger partial charge >= 0.3 is 0 Å². The molecule has 0 unspecified atom stereocenters. The molecule has 1 heteroatoms. The van der Waals surface area contributed by atoms with Crippen molar-refractivity contribution in [2.75, 3.05) is 4.90 Å². The third kappa shape index (κ3) is 5.52. The molecule has 0 radical (unpaired) electrons. The molecule has 0 aliphatic heterocycles. The fourth-order valence-corrected chi connectivity index (χ4v) is 11.6. The van der Waals surface area contributed by atoms with Crippen molar-refractivity contribution in [1.82, 2.24) is 0 Å². The van der Waals surface area contributed by atoms with Crippen LogP contribution in [0.3, 0.4) is 0 Å². The van der Waals surface area contributed by atoms with Gasteiger partial charge in [-0.25, -0.2) is 0 Å². The molecule has 10 aromatic rings. The molecule has 0 aromatic heterocycles. The van der Waals surface area contributed by atoms with Gasteiger partial charge < -0.3 is 4.90 Å². The zero-order valence-corrected chi connectivity index (χ0v) is 36.5. The molecule has 0 bridgehead atoms. The normalized spacial score (nSPS) is 13.9. The second kappa shape index (κ2) is 14.3. The molecule has 306 valence electrons. The van der Waals surface area contributed by atoms with Gasteiger partial charge in [-0.15, -0.1) is 0 Å². The minimum Gasteiger partial charge on any atom is -0.310 e. The summed E-state index contributed by atoms with van der Waals surface area (Å²) in [5.41, 5.74) is 26.1. The van der Waals surface area contributed by atoms with Gasteiger partial charge in [0.25, 0.3) is 0 Å². The van der Waals surface area contributed by atoms with E-state index in [2.05, 4.69) is 255 Å². The standard InChI is InChI=1S/C64H45N/c1-63(2)60-39-47(43-17-7-4-8-18-43)31-36-54(60)55-37-34-49(40-61(55)63)65(48-32-29-46(30-33-48)45-27-25-44(26-28-45)42-15-5-3-6-16-42)50-35-38-56-53-21-11-14-24-59(53)64(62(56)41-50)57-22-12-9-19-51(57)52-20-10-13-23-58(52)64/h3-41H,1-2H3. The number of benzene rings is 10. The minimum atomic E-state index is -0.436. The van der Waals surface area contributed by atoms with Crippen molar-refractivity contribution in [3.63, 3.8) is 0 Å². The van der Waals surface area contributed by atoms with E-state index in [4.69, 9.17) is 0 Å². The molecule has 13 rings (SSSR count). The summed E-state index contributed by atoms with van der Waals surface area (Å²) >= 11 is 0. The first kappa shape index (κ1) is 37.5.